The fraction of sp³-hybridized carbons (Fsp3) is 0.273. The molecule has 0 aromatic heterocycles. The van der Waals surface area contributed by atoms with Crippen molar-refractivity contribution in [2.45, 2.75) is 19.4 Å². The van der Waals surface area contributed by atoms with Gasteiger partial charge >= 0.3 is 0 Å². The molecule has 0 heterocycles. The Balaban J connectivity index is 2.62. The molecule has 0 aliphatic rings. The van der Waals surface area contributed by atoms with E-state index in [9.17, 15) is 4.79 Å². The maximum absolute atomic E-state index is 11.6. The van der Waals surface area contributed by atoms with E-state index in [1.807, 2.05) is 25.1 Å². The van der Waals surface area contributed by atoms with Gasteiger partial charge in [0.25, 0.3) is 5.91 Å². The van der Waals surface area contributed by atoms with E-state index in [0.717, 1.165) is 3.57 Å². The topological polar surface area (TPSA) is 52.9 Å². The van der Waals surface area contributed by atoms with Crippen molar-refractivity contribution < 1.29 is 4.79 Å². The monoisotopic (exact) mass is 314 g/mol. The third-order valence-corrected chi connectivity index (χ3v) is 2.60. The summed E-state index contributed by atoms with van der Waals surface area (Å²) in [6.45, 7) is 1.81. The first-order valence-electron chi connectivity index (χ1n) is 4.57. The molecule has 1 unspecified atom stereocenters. The van der Waals surface area contributed by atoms with E-state index in [0.29, 0.717) is 12.0 Å². The molecule has 3 nitrogen and oxygen atoms in total. The lowest BCUT2D eigenvalue weighted by Gasteiger charge is -2.09. The van der Waals surface area contributed by atoms with Crippen molar-refractivity contribution in [3.8, 4) is 6.07 Å². The summed E-state index contributed by atoms with van der Waals surface area (Å²) in [5, 5.41) is 11.2. The Hall–Kier alpha value is -1.09. The highest BCUT2D eigenvalue weighted by molar-refractivity contribution is 14.1. The number of amides is 1. The Bertz CT molecular complexity index is 381. The maximum Gasteiger partial charge on any atom is 0.251 e. The van der Waals surface area contributed by atoms with Crippen molar-refractivity contribution in [2.24, 2.45) is 0 Å². The van der Waals surface area contributed by atoms with Gasteiger partial charge in [0.2, 0.25) is 0 Å². The van der Waals surface area contributed by atoms with E-state index >= 15 is 0 Å². The second kappa shape index (κ2) is 5.71. The number of benzene rings is 1. The standard InChI is InChI=1S/C11H11IN2O/c1-8(6-7-13)14-11(15)9-2-4-10(12)5-3-9/h2-5,8H,6H2,1H3,(H,14,15). The lowest BCUT2D eigenvalue weighted by atomic mass is 10.2. The molecule has 4 heteroatoms. The van der Waals surface area contributed by atoms with Crippen LogP contribution in [0.2, 0.25) is 0 Å². The first-order valence-corrected chi connectivity index (χ1v) is 5.64. The molecule has 1 atom stereocenters. The molecule has 78 valence electrons. The Morgan fingerprint density at radius 1 is 1.53 bits per heavy atom. The summed E-state index contributed by atoms with van der Waals surface area (Å²) in [7, 11) is 0. The molecule has 0 aliphatic heterocycles. The third-order valence-electron chi connectivity index (χ3n) is 1.88. The Morgan fingerprint density at radius 3 is 2.67 bits per heavy atom. The molecule has 0 saturated carbocycles. The molecular formula is C11H11IN2O. The van der Waals surface area contributed by atoms with E-state index in [1.54, 1.807) is 12.1 Å². The van der Waals surface area contributed by atoms with Crippen LogP contribution in [0.3, 0.4) is 0 Å². The molecule has 1 N–H and O–H groups in total. The van der Waals surface area contributed by atoms with Gasteiger partial charge in [0.15, 0.2) is 0 Å². The SMILES string of the molecule is CC(CC#N)NC(=O)c1ccc(I)cc1. The lowest BCUT2D eigenvalue weighted by molar-refractivity contribution is 0.0941. The highest BCUT2D eigenvalue weighted by Crippen LogP contribution is 2.07. The predicted molar refractivity (Wildman–Crippen MR) is 66.3 cm³/mol. The summed E-state index contributed by atoms with van der Waals surface area (Å²) in [5.41, 5.74) is 0.625. The molecule has 0 spiro atoms. The molecule has 0 fully saturated rings. The van der Waals surface area contributed by atoms with Gasteiger partial charge in [0.05, 0.1) is 12.5 Å². The number of hydrogen-bond acceptors (Lipinski definition) is 2. The van der Waals surface area contributed by atoms with Crippen molar-refractivity contribution in [3.05, 3.63) is 33.4 Å². The number of nitrogens with one attached hydrogen (secondary N) is 1. The van der Waals surface area contributed by atoms with Crippen LogP contribution in [0.15, 0.2) is 24.3 Å². The van der Waals surface area contributed by atoms with Crippen molar-refractivity contribution in [3.63, 3.8) is 0 Å². The number of nitrogens with zero attached hydrogens (tertiary/aromatic N) is 1. The normalized spacial score (nSPS) is 11.5. The van der Waals surface area contributed by atoms with E-state index in [1.165, 1.54) is 0 Å². The van der Waals surface area contributed by atoms with Gasteiger partial charge in [-0.15, -0.1) is 0 Å². The van der Waals surface area contributed by atoms with Crippen LogP contribution in [-0.2, 0) is 0 Å². The maximum atomic E-state index is 11.6. The smallest absolute Gasteiger partial charge is 0.251 e. The van der Waals surface area contributed by atoms with Crippen LogP contribution in [0, 0.1) is 14.9 Å². The molecular weight excluding hydrogens is 303 g/mol. The summed E-state index contributed by atoms with van der Waals surface area (Å²) in [5.74, 6) is -0.130. The first kappa shape index (κ1) is 12.0. The van der Waals surface area contributed by atoms with Gasteiger partial charge in [-0.1, -0.05) is 0 Å². The highest BCUT2D eigenvalue weighted by Gasteiger charge is 2.08. The number of halogens is 1. The quantitative estimate of drug-likeness (QED) is 0.871. The number of carbonyl (C=O) groups is 1. The zero-order valence-electron chi connectivity index (χ0n) is 8.33. The van der Waals surface area contributed by atoms with Crippen molar-refractivity contribution >= 4 is 28.5 Å². The van der Waals surface area contributed by atoms with Crippen LogP contribution in [0.4, 0.5) is 0 Å². The minimum atomic E-state index is -0.130. The van der Waals surface area contributed by atoms with Gasteiger partial charge in [-0.2, -0.15) is 5.26 Å². The molecule has 15 heavy (non-hydrogen) atoms. The van der Waals surface area contributed by atoms with Crippen LogP contribution >= 0.6 is 22.6 Å². The largest absolute Gasteiger partial charge is 0.349 e. The second-order valence-electron chi connectivity index (χ2n) is 3.24. The summed E-state index contributed by atoms with van der Waals surface area (Å²) in [6.07, 6.45) is 0.329. The van der Waals surface area contributed by atoms with Crippen molar-refractivity contribution in [1.82, 2.24) is 5.32 Å². The average molecular weight is 314 g/mol. The van der Waals surface area contributed by atoms with E-state index in [-0.39, 0.29) is 11.9 Å². The molecule has 0 bridgehead atoms. The van der Waals surface area contributed by atoms with Gasteiger partial charge in [0, 0.05) is 15.2 Å². The Labute approximate surface area is 103 Å². The van der Waals surface area contributed by atoms with Crippen molar-refractivity contribution in [1.29, 1.82) is 5.26 Å². The molecule has 1 rings (SSSR count). The minimum absolute atomic E-state index is 0.109. The van der Waals surface area contributed by atoms with E-state index < -0.39 is 0 Å². The fourth-order valence-electron chi connectivity index (χ4n) is 1.10. The predicted octanol–water partition coefficient (Wildman–Crippen LogP) is 2.32. The molecule has 0 radical (unpaired) electrons. The van der Waals surface area contributed by atoms with Gasteiger partial charge in [0.1, 0.15) is 0 Å². The average Bonchev–Trinajstić information content (AvgIpc) is 2.18. The van der Waals surface area contributed by atoms with Gasteiger partial charge in [-0.3, -0.25) is 4.79 Å². The first-order chi connectivity index (χ1) is 7.13. The minimum Gasteiger partial charge on any atom is -0.349 e. The van der Waals surface area contributed by atoms with Crippen molar-refractivity contribution in [2.75, 3.05) is 0 Å². The molecule has 0 aliphatic carbocycles. The summed E-state index contributed by atoms with van der Waals surface area (Å²) in [6, 6.07) is 9.21. The molecule has 0 saturated heterocycles. The van der Waals surface area contributed by atoms with Crippen LogP contribution in [0.5, 0.6) is 0 Å². The second-order valence-corrected chi connectivity index (χ2v) is 4.49. The number of nitriles is 1. The van der Waals surface area contributed by atoms with Gasteiger partial charge < -0.3 is 5.32 Å². The molecule has 1 aromatic carbocycles. The summed E-state index contributed by atoms with van der Waals surface area (Å²) < 4.78 is 1.09. The highest BCUT2D eigenvalue weighted by atomic mass is 127. The van der Waals surface area contributed by atoms with Gasteiger partial charge in [-0.25, -0.2) is 0 Å². The number of rotatable bonds is 3. The van der Waals surface area contributed by atoms with Crippen LogP contribution < -0.4 is 5.32 Å². The van der Waals surface area contributed by atoms with Gasteiger partial charge in [-0.05, 0) is 53.8 Å². The summed E-state index contributed by atoms with van der Waals surface area (Å²) >= 11 is 2.18. The van der Waals surface area contributed by atoms with Crippen LogP contribution in [-0.4, -0.2) is 11.9 Å². The molecule has 1 aromatic rings. The van der Waals surface area contributed by atoms with E-state index in [4.69, 9.17) is 5.26 Å². The summed E-state index contributed by atoms with van der Waals surface area (Å²) in [4.78, 5) is 11.6. The molecule has 1 amide bonds. The third kappa shape index (κ3) is 3.88. The number of carbonyl (C=O) groups excluding carboxylic acids is 1. The van der Waals surface area contributed by atoms with Crippen LogP contribution in [0.1, 0.15) is 23.7 Å². The number of hydrogen-bond donors (Lipinski definition) is 1. The Morgan fingerprint density at radius 2 is 2.13 bits per heavy atom. The fourth-order valence-corrected chi connectivity index (χ4v) is 1.46. The van der Waals surface area contributed by atoms with E-state index in [2.05, 4.69) is 27.9 Å². The Kier molecular flexibility index (Phi) is 4.56. The van der Waals surface area contributed by atoms with Crippen LogP contribution in [0.25, 0.3) is 0 Å². The zero-order valence-corrected chi connectivity index (χ0v) is 10.5. The lowest BCUT2D eigenvalue weighted by Crippen LogP contribution is -2.32. The zero-order chi connectivity index (χ0) is 11.3.